The molecular weight excluding hydrogens is 270 g/mol. The Bertz CT molecular complexity index is 674. The number of fused-ring (bicyclic) bond motifs is 1. The Balaban J connectivity index is 1.72. The lowest BCUT2D eigenvalue weighted by molar-refractivity contribution is -0.384. The van der Waals surface area contributed by atoms with Crippen LogP contribution >= 0.6 is 0 Å². The van der Waals surface area contributed by atoms with E-state index in [-0.39, 0.29) is 11.8 Å². The Kier molecular flexibility index (Phi) is 3.70. The quantitative estimate of drug-likeness (QED) is 0.666. The number of nitro benzene ring substituents is 1. The van der Waals surface area contributed by atoms with E-state index in [9.17, 15) is 15.2 Å². The van der Waals surface area contributed by atoms with Gasteiger partial charge >= 0.3 is 0 Å². The molecule has 2 N–H and O–H groups in total. The van der Waals surface area contributed by atoms with Crippen LogP contribution in [0.25, 0.3) is 10.9 Å². The molecule has 0 amide bonds. The standard InChI is InChI=1S/C15H17N3O3/c19-13-4-1-10(7-13)9-16-15-6-2-11-8-12(18(20)21)3-5-14(11)17-15/h2-3,5-6,8,10,13,19H,1,4,7,9H2,(H,16,17). The SMILES string of the molecule is O=[N+]([O-])c1ccc2nc(NCC3CCC(O)C3)ccc2c1. The second-order valence-corrected chi connectivity index (χ2v) is 5.54. The minimum atomic E-state index is -0.406. The molecule has 21 heavy (non-hydrogen) atoms. The van der Waals surface area contributed by atoms with E-state index < -0.39 is 4.92 Å². The highest BCUT2D eigenvalue weighted by Gasteiger charge is 2.22. The number of pyridine rings is 1. The zero-order valence-corrected chi connectivity index (χ0v) is 11.5. The van der Waals surface area contributed by atoms with Gasteiger partial charge in [0.2, 0.25) is 0 Å². The number of aliphatic hydroxyl groups is 1. The molecule has 0 saturated heterocycles. The monoisotopic (exact) mass is 287 g/mol. The van der Waals surface area contributed by atoms with Crippen molar-refractivity contribution in [3.8, 4) is 0 Å². The summed E-state index contributed by atoms with van der Waals surface area (Å²) >= 11 is 0. The van der Waals surface area contributed by atoms with E-state index in [0.717, 1.165) is 42.5 Å². The van der Waals surface area contributed by atoms with Crippen LogP contribution in [0.5, 0.6) is 0 Å². The van der Waals surface area contributed by atoms with Crippen LogP contribution < -0.4 is 5.32 Å². The zero-order valence-electron chi connectivity index (χ0n) is 11.5. The highest BCUT2D eigenvalue weighted by atomic mass is 16.6. The molecule has 2 unspecified atom stereocenters. The molecule has 6 nitrogen and oxygen atoms in total. The van der Waals surface area contributed by atoms with Gasteiger partial charge in [0, 0.05) is 24.1 Å². The second-order valence-electron chi connectivity index (χ2n) is 5.54. The fourth-order valence-electron chi connectivity index (χ4n) is 2.81. The number of hydrogen-bond donors (Lipinski definition) is 2. The molecule has 2 atom stereocenters. The Morgan fingerprint density at radius 2 is 2.19 bits per heavy atom. The first-order valence-corrected chi connectivity index (χ1v) is 7.09. The lowest BCUT2D eigenvalue weighted by Crippen LogP contribution is -2.13. The van der Waals surface area contributed by atoms with Gasteiger partial charge in [0.05, 0.1) is 16.5 Å². The number of aliphatic hydroxyl groups excluding tert-OH is 1. The lowest BCUT2D eigenvalue weighted by Gasteiger charge is -2.11. The topological polar surface area (TPSA) is 88.3 Å². The molecular formula is C15H17N3O3. The van der Waals surface area contributed by atoms with E-state index in [1.165, 1.54) is 12.1 Å². The van der Waals surface area contributed by atoms with Crippen LogP contribution in [-0.4, -0.2) is 27.7 Å². The van der Waals surface area contributed by atoms with Crippen molar-refractivity contribution in [1.29, 1.82) is 0 Å². The third kappa shape index (κ3) is 3.11. The molecule has 1 heterocycles. The molecule has 1 aliphatic rings. The smallest absolute Gasteiger partial charge is 0.270 e. The van der Waals surface area contributed by atoms with E-state index in [2.05, 4.69) is 10.3 Å². The molecule has 1 fully saturated rings. The molecule has 1 aliphatic carbocycles. The van der Waals surface area contributed by atoms with Crippen molar-refractivity contribution in [1.82, 2.24) is 4.98 Å². The first-order valence-electron chi connectivity index (χ1n) is 7.09. The first kappa shape index (κ1) is 13.8. The summed E-state index contributed by atoms with van der Waals surface area (Å²) < 4.78 is 0. The van der Waals surface area contributed by atoms with Crippen LogP contribution in [0.15, 0.2) is 30.3 Å². The van der Waals surface area contributed by atoms with Gasteiger partial charge in [0.1, 0.15) is 5.82 Å². The summed E-state index contributed by atoms with van der Waals surface area (Å²) in [5.41, 5.74) is 0.807. The van der Waals surface area contributed by atoms with E-state index in [1.807, 2.05) is 12.1 Å². The number of anilines is 1. The largest absolute Gasteiger partial charge is 0.393 e. The van der Waals surface area contributed by atoms with E-state index >= 15 is 0 Å². The van der Waals surface area contributed by atoms with Crippen LogP contribution in [0.3, 0.4) is 0 Å². The van der Waals surface area contributed by atoms with Crippen molar-refractivity contribution in [2.24, 2.45) is 5.92 Å². The summed E-state index contributed by atoms with van der Waals surface area (Å²) in [7, 11) is 0. The molecule has 2 aromatic rings. The maximum Gasteiger partial charge on any atom is 0.270 e. The van der Waals surface area contributed by atoms with Gasteiger partial charge in [-0.15, -0.1) is 0 Å². The highest BCUT2D eigenvalue weighted by molar-refractivity contribution is 5.82. The van der Waals surface area contributed by atoms with Gasteiger partial charge in [-0.2, -0.15) is 0 Å². The average Bonchev–Trinajstić information content (AvgIpc) is 2.90. The summed E-state index contributed by atoms with van der Waals surface area (Å²) in [6.07, 6.45) is 2.59. The van der Waals surface area contributed by atoms with E-state index in [0.29, 0.717) is 5.92 Å². The van der Waals surface area contributed by atoms with Gasteiger partial charge in [0.25, 0.3) is 5.69 Å². The number of nitrogens with one attached hydrogen (secondary N) is 1. The minimum absolute atomic E-state index is 0.0740. The van der Waals surface area contributed by atoms with Crippen LogP contribution in [0.2, 0.25) is 0 Å². The third-order valence-electron chi connectivity index (χ3n) is 3.97. The summed E-state index contributed by atoms with van der Waals surface area (Å²) in [6.45, 7) is 0.794. The lowest BCUT2D eigenvalue weighted by atomic mass is 10.1. The molecule has 6 heteroatoms. The highest BCUT2D eigenvalue weighted by Crippen LogP contribution is 2.26. The summed E-state index contributed by atoms with van der Waals surface area (Å²) in [4.78, 5) is 14.8. The predicted octanol–water partition coefficient (Wildman–Crippen LogP) is 2.72. The van der Waals surface area contributed by atoms with Crippen LogP contribution in [0, 0.1) is 16.0 Å². The van der Waals surface area contributed by atoms with Crippen LogP contribution in [-0.2, 0) is 0 Å². The Hall–Kier alpha value is -2.21. The van der Waals surface area contributed by atoms with Gasteiger partial charge < -0.3 is 10.4 Å². The molecule has 1 aromatic carbocycles. The number of rotatable bonds is 4. The molecule has 1 aromatic heterocycles. The fraction of sp³-hybridized carbons (Fsp3) is 0.400. The molecule has 0 aliphatic heterocycles. The molecule has 1 saturated carbocycles. The maximum atomic E-state index is 10.7. The van der Waals surface area contributed by atoms with E-state index in [1.54, 1.807) is 6.07 Å². The maximum absolute atomic E-state index is 10.7. The van der Waals surface area contributed by atoms with Crippen LogP contribution in [0.1, 0.15) is 19.3 Å². The Morgan fingerprint density at radius 3 is 2.90 bits per heavy atom. The molecule has 3 rings (SSSR count). The zero-order chi connectivity index (χ0) is 14.8. The summed E-state index contributed by atoms with van der Waals surface area (Å²) in [6, 6.07) is 8.32. The fourth-order valence-corrected chi connectivity index (χ4v) is 2.81. The number of benzene rings is 1. The average molecular weight is 287 g/mol. The molecule has 0 bridgehead atoms. The van der Waals surface area contributed by atoms with Gasteiger partial charge in [-0.25, -0.2) is 4.98 Å². The summed E-state index contributed by atoms with van der Waals surface area (Å²) in [5.74, 6) is 1.24. The van der Waals surface area contributed by atoms with E-state index in [4.69, 9.17) is 0 Å². The van der Waals surface area contributed by atoms with Crippen molar-refractivity contribution < 1.29 is 10.0 Å². The van der Waals surface area contributed by atoms with Gasteiger partial charge in [0.15, 0.2) is 0 Å². The van der Waals surface area contributed by atoms with Crippen molar-refractivity contribution >= 4 is 22.4 Å². The number of aromatic nitrogens is 1. The van der Waals surface area contributed by atoms with Crippen molar-refractivity contribution in [3.63, 3.8) is 0 Å². The predicted molar refractivity (Wildman–Crippen MR) is 80.2 cm³/mol. The number of non-ortho nitro benzene ring substituents is 1. The molecule has 0 radical (unpaired) electrons. The molecule has 0 spiro atoms. The van der Waals surface area contributed by atoms with Gasteiger partial charge in [-0.3, -0.25) is 10.1 Å². The summed E-state index contributed by atoms with van der Waals surface area (Å²) in [5, 5.41) is 24.3. The Morgan fingerprint density at radius 1 is 1.33 bits per heavy atom. The normalized spacial score (nSPS) is 21.6. The minimum Gasteiger partial charge on any atom is -0.393 e. The van der Waals surface area contributed by atoms with Gasteiger partial charge in [-0.05, 0) is 43.4 Å². The number of hydrogen-bond acceptors (Lipinski definition) is 5. The second kappa shape index (κ2) is 5.65. The number of nitrogens with zero attached hydrogens (tertiary/aromatic N) is 2. The third-order valence-corrected chi connectivity index (χ3v) is 3.97. The molecule has 110 valence electrons. The van der Waals surface area contributed by atoms with Crippen molar-refractivity contribution in [2.75, 3.05) is 11.9 Å². The number of nitro groups is 1. The Labute approximate surface area is 122 Å². The van der Waals surface area contributed by atoms with Crippen LogP contribution in [0.4, 0.5) is 11.5 Å². The van der Waals surface area contributed by atoms with Crippen molar-refractivity contribution in [2.45, 2.75) is 25.4 Å². The van der Waals surface area contributed by atoms with Gasteiger partial charge in [-0.1, -0.05) is 0 Å². The first-order chi connectivity index (χ1) is 10.1. The van der Waals surface area contributed by atoms with Crippen molar-refractivity contribution in [3.05, 3.63) is 40.4 Å².